The van der Waals surface area contributed by atoms with Gasteiger partial charge in [-0.15, -0.1) is 0 Å². The van der Waals surface area contributed by atoms with E-state index in [0.29, 0.717) is 6.04 Å². The SMILES string of the molecule is CCCCC(CN)N1CCCC(CCC)CC1. The lowest BCUT2D eigenvalue weighted by molar-refractivity contribution is 0.192. The smallest absolute Gasteiger partial charge is 0.0218 e. The molecule has 0 spiro atoms. The van der Waals surface area contributed by atoms with Crippen LogP contribution in [0.3, 0.4) is 0 Å². The molecule has 2 N–H and O–H groups in total. The highest BCUT2D eigenvalue weighted by Gasteiger charge is 2.21. The Labute approximate surface area is 108 Å². The predicted molar refractivity (Wildman–Crippen MR) is 76.2 cm³/mol. The highest BCUT2D eigenvalue weighted by Crippen LogP contribution is 2.23. The van der Waals surface area contributed by atoms with E-state index in [2.05, 4.69) is 18.7 Å². The molecule has 2 unspecified atom stereocenters. The molecule has 17 heavy (non-hydrogen) atoms. The highest BCUT2D eigenvalue weighted by atomic mass is 15.2. The third kappa shape index (κ3) is 5.39. The molecule has 0 aromatic heterocycles. The molecule has 0 saturated carbocycles. The Balaban J connectivity index is 2.37. The highest BCUT2D eigenvalue weighted by molar-refractivity contribution is 4.77. The molecule has 1 aliphatic rings. The van der Waals surface area contributed by atoms with Crippen molar-refractivity contribution < 1.29 is 0 Å². The first-order valence-electron chi connectivity index (χ1n) is 7.75. The predicted octanol–water partition coefficient (Wildman–Crippen LogP) is 3.41. The maximum Gasteiger partial charge on any atom is 0.0218 e. The number of rotatable bonds is 7. The largest absolute Gasteiger partial charge is 0.329 e. The Morgan fingerprint density at radius 2 is 2.00 bits per heavy atom. The summed E-state index contributed by atoms with van der Waals surface area (Å²) in [5.41, 5.74) is 5.95. The van der Waals surface area contributed by atoms with Crippen molar-refractivity contribution >= 4 is 0 Å². The first kappa shape index (κ1) is 15.0. The van der Waals surface area contributed by atoms with Crippen LogP contribution in [0.5, 0.6) is 0 Å². The molecule has 0 aromatic rings. The second-order valence-corrected chi connectivity index (χ2v) is 5.65. The quantitative estimate of drug-likeness (QED) is 0.739. The Bertz CT molecular complexity index is 182. The van der Waals surface area contributed by atoms with Crippen LogP contribution >= 0.6 is 0 Å². The van der Waals surface area contributed by atoms with Crippen LogP contribution in [-0.4, -0.2) is 30.6 Å². The number of unbranched alkanes of at least 4 members (excludes halogenated alkanes) is 1. The number of hydrogen-bond acceptors (Lipinski definition) is 2. The number of hydrogen-bond donors (Lipinski definition) is 1. The van der Waals surface area contributed by atoms with Gasteiger partial charge in [-0.3, -0.25) is 4.90 Å². The third-order valence-electron chi connectivity index (χ3n) is 4.26. The van der Waals surface area contributed by atoms with Gasteiger partial charge in [0.25, 0.3) is 0 Å². The molecule has 0 amide bonds. The van der Waals surface area contributed by atoms with Gasteiger partial charge in [0.15, 0.2) is 0 Å². The van der Waals surface area contributed by atoms with Crippen molar-refractivity contribution in [3.63, 3.8) is 0 Å². The van der Waals surface area contributed by atoms with Gasteiger partial charge in [-0.2, -0.15) is 0 Å². The first-order chi connectivity index (χ1) is 8.31. The van der Waals surface area contributed by atoms with Gasteiger partial charge in [0.05, 0.1) is 0 Å². The monoisotopic (exact) mass is 240 g/mol. The number of nitrogens with zero attached hydrogens (tertiary/aromatic N) is 1. The van der Waals surface area contributed by atoms with Crippen LogP contribution in [0, 0.1) is 5.92 Å². The lowest BCUT2D eigenvalue weighted by Gasteiger charge is -2.29. The van der Waals surface area contributed by atoms with E-state index >= 15 is 0 Å². The summed E-state index contributed by atoms with van der Waals surface area (Å²) in [6.45, 7) is 8.00. The van der Waals surface area contributed by atoms with Crippen LogP contribution in [0.15, 0.2) is 0 Å². The molecular formula is C15H32N2. The van der Waals surface area contributed by atoms with E-state index in [0.717, 1.165) is 12.5 Å². The van der Waals surface area contributed by atoms with Gasteiger partial charge in [0, 0.05) is 12.6 Å². The molecule has 0 radical (unpaired) electrons. The molecule has 2 nitrogen and oxygen atoms in total. The summed E-state index contributed by atoms with van der Waals surface area (Å²) in [6.07, 6.45) is 10.9. The third-order valence-corrected chi connectivity index (χ3v) is 4.26. The fourth-order valence-corrected chi connectivity index (χ4v) is 3.14. The molecule has 1 aliphatic heterocycles. The molecule has 0 aliphatic carbocycles. The van der Waals surface area contributed by atoms with E-state index in [1.165, 1.54) is 64.5 Å². The minimum Gasteiger partial charge on any atom is -0.329 e. The fourth-order valence-electron chi connectivity index (χ4n) is 3.14. The van der Waals surface area contributed by atoms with Gasteiger partial charge in [0.2, 0.25) is 0 Å². The van der Waals surface area contributed by atoms with E-state index in [-0.39, 0.29) is 0 Å². The average molecular weight is 240 g/mol. The minimum absolute atomic E-state index is 0.648. The molecule has 0 bridgehead atoms. The summed E-state index contributed by atoms with van der Waals surface area (Å²) in [4.78, 5) is 2.67. The summed E-state index contributed by atoms with van der Waals surface area (Å²) in [7, 11) is 0. The van der Waals surface area contributed by atoms with Crippen molar-refractivity contribution in [2.45, 2.75) is 71.3 Å². The number of nitrogens with two attached hydrogens (primary N) is 1. The zero-order valence-corrected chi connectivity index (χ0v) is 12.0. The lowest BCUT2D eigenvalue weighted by atomic mass is 9.96. The van der Waals surface area contributed by atoms with Gasteiger partial charge < -0.3 is 5.73 Å². The van der Waals surface area contributed by atoms with Crippen molar-refractivity contribution in [2.75, 3.05) is 19.6 Å². The van der Waals surface area contributed by atoms with Crippen LogP contribution in [-0.2, 0) is 0 Å². The molecule has 2 heteroatoms. The molecule has 1 rings (SSSR count). The van der Waals surface area contributed by atoms with Crippen molar-refractivity contribution in [3.05, 3.63) is 0 Å². The second kappa shape index (κ2) is 8.93. The van der Waals surface area contributed by atoms with Gasteiger partial charge in [-0.05, 0) is 44.7 Å². The maximum atomic E-state index is 5.95. The molecule has 102 valence electrons. The maximum absolute atomic E-state index is 5.95. The summed E-state index contributed by atoms with van der Waals surface area (Å²) in [6, 6.07) is 0.648. The van der Waals surface area contributed by atoms with Crippen LogP contribution < -0.4 is 5.73 Å². The lowest BCUT2D eigenvalue weighted by Crippen LogP contribution is -2.41. The van der Waals surface area contributed by atoms with Gasteiger partial charge in [0.1, 0.15) is 0 Å². The normalized spacial score (nSPS) is 24.5. The molecule has 1 fully saturated rings. The van der Waals surface area contributed by atoms with Crippen LogP contribution in [0.1, 0.15) is 65.2 Å². The van der Waals surface area contributed by atoms with E-state index < -0.39 is 0 Å². The second-order valence-electron chi connectivity index (χ2n) is 5.65. The summed E-state index contributed by atoms with van der Waals surface area (Å²) in [5, 5.41) is 0. The van der Waals surface area contributed by atoms with Crippen molar-refractivity contribution in [3.8, 4) is 0 Å². The number of likely N-dealkylation sites (tertiary alicyclic amines) is 1. The summed E-state index contributed by atoms with van der Waals surface area (Å²) < 4.78 is 0. The van der Waals surface area contributed by atoms with Crippen LogP contribution in [0.25, 0.3) is 0 Å². The van der Waals surface area contributed by atoms with E-state index in [9.17, 15) is 0 Å². The standard InChI is InChI=1S/C15H32N2/c1-3-5-9-15(13-16)17-11-6-8-14(7-4-2)10-12-17/h14-15H,3-13,16H2,1-2H3. The van der Waals surface area contributed by atoms with Gasteiger partial charge in [-0.25, -0.2) is 0 Å². The van der Waals surface area contributed by atoms with Crippen molar-refractivity contribution in [2.24, 2.45) is 11.7 Å². The zero-order chi connectivity index (χ0) is 12.5. The van der Waals surface area contributed by atoms with Gasteiger partial charge in [-0.1, -0.05) is 39.5 Å². The Morgan fingerprint density at radius 3 is 2.65 bits per heavy atom. The molecular weight excluding hydrogens is 208 g/mol. The molecule has 0 aromatic carbocycles. The minimum atomic E-state index is 0.648. The van der Waals surface area contributed by atoms with Gasteiger partial charge >= 0.3 is 0 Å². The van der Waals surface area contributed by atoms with Crippen molar-refractivity contribution in [1.29, 1.82) is 0 Å². The molecule has 1 heterocycles. The Hall–Kier alpha value is -0.0800. The van der Waals surface area contributed by atoms with Crippen LogP contribution in [0.2, 0.25) is 0 Å². The molecule has 1 saturated heterocycles. The van der Waals surface area contributed by atoms with E-state index in [4.69, 9.17) is 5.73 Å². The Kier molecular flexibility index (Phi) is 7.87. The van der Waals surface area contributed by atoms with Crippen molar-refractivity contribution in [1.82, 2.24) is 4.90 Å². The van der Waals surface area contributed by atoms with E-state index in [1.807, 2.05) is 0 Å². The topological polar surface area (TPSA) is 29.3 Å². The van der Waals surface area contributed by atoms with Crippen LogP contribution in [0.4, 0.5) is 0 Å². The summed E-state index contributed by atoms with van der Waals surface area (Å²) >= 11 is 0. The van der Waals surface area contributed by atoms with E-state index in [1.54, 1.807) is 0 Å². The first-order valence-corrected chi connectivity index (χ1v) is 7.75. The fraction of sp³-hybridized carbons (Fsp3) is 1.00. The zero-order valence-electron chi connectivity index (χ0n) is 12.0. The summed E-state index contributed by atoms with van der Waals surface area (Å²) in [5.74, 6) is 0.981. The molecule has 2 atom stereocenters. The average Bonchev–Trinajstić information content (AvgIpc) is 2.57. The Morgan fingerprint density at radius 1 is 1.18 bits per heavy atom.